The molecular weight excluding hydrogens is 289 g/mol. The number of benzene rings is 2. The van der Waals surface area contributed by atoms with Crippen molar-refractivity contribution in [2.45, 2.75) is 13.0 Å². The quantitative estimate of drug-likeness (QED) is 0.686. The average molecular weight is 303 g/mol. The highest BCUT2D eigenvalue weighted by Gasteiger charge is 2.21. The van der Waals surface area contributed by atoms with Crippen LogP contribution in [0.1, 0.15) is 16.7 Å². The molecule has 4 heteroatoms. The minimum absolute atomic E-state index is 0.312. The van der Waals surface area contributed by atoms with Crippen LogP contribution in [0.4, 0.5) is 10.1 Å². The highest BCUT2D eigenvalue weighted by molar-refractivity contribution is 5.94. The summed E-state index contributed by atoms with van der Waals surface area (Å²) in [6.45, 7) is 1.53. The van der Waals surface area contributed by atoms with E-state index in [0.717, 1.165) is 25.2 Å². The summed E-state index contributed by atoms with van der Waals surface area (Å²) >= 11 is 0. The number of fused-ring (bicyclic) bond motifs is 2. The molecule has 23 heavy (non-hydrogen) atoms. The number of anilines is 1. The van der Waals surface area contributed by atoms with Crippen LogP contribution in [0.2, 0.25) is 0 Å². The lowest BCUT2D eigenvalue weighted by Gasteiger charge is -2.32. The Morgan fingerprint density at radius 1 is 1.13 bits per heavy atom. The molecule has 4 rings (SSSR count). The Morgan fingerprint density at radius 3 is 2.78 bits per heavy atom. The van der Waals surface area contributed by atoms with Gasteiger partial charge in [0, 0.05) is 24.7 Å². The third-order valence-corrected chi connectivity index (χ3v) is 4.37. The van der Waals surface area contributed by atoms with Crippen LogP contribution < -0.4 is 4.90 Å². The van der Waals surface area contributed by atoms with E-state index in [1.165, 1.54) is 23.3 Å². The molecule has 1 aromatic heterocycles. The fraction of sp³-hybridized carbons (Fsp3) is 0.158. The van der Waals surface area contributed by atoms with Crippen LogP contribution in [0, 0.1) is 17.1 Å². The van der Waals surface area contributed by atoms with Gasteiger partial charge in [0.05, 0.1) is 16.8 Å². The minimum Gasteiger partial charge on any atom is -0.365 e. The molecule has 2 aromatic carbocycles. The molecule has 0 radical (unpaired) electrons. The second-order valence-electron chi connectivity index (χ2n) is 5.73. The molecule has 0 fully saturated rings. The van der Waals surface area contributed by atoms with Crippen molar-refractivity contribution in [3.05, 3.63) is 71.2 Å². The molecule has 0 bridgehead atoms. The van der Waals surface area contributed by atoms with Crippen LogP contribution in [-0.4, -0.2) is 11.5 Å². The van der Waals surface area contributed by atoms with Crippen molar-refractivity contribution in [1.82, 2.24) is 4.98 Å². The Kier molecular flexibility index (Phi) is 3.20. The van der Waals surface area contributed by atoms with E-state index < -0.39 is 0 Å². The molecule has 0 amide bonds. The molecule has 0 N–H and O–H groups in total. The van der Waals surface area contributed by atoms with Crippen LogP contribution in [-0.2, 0) is 13.0 Å². The predicted octanol–water partition coefficient (Wildman–Crippen LogP) is 3.81. The van der Waals surface area contributed by atoms with E-state index in [1.54, 1.807) is 12.3 Å². The van der Waals surface area contributed by atoms with Crippen molar-refractivity contribution in [1.29, 1.82) is 5.26 Å². The third kappa shape index (κ3) is 2.31. The number of hydrogen-bond acceptors (Lipinski definition) is 3. The van der Waals surface area contributed by atoms with Crippen molar-refractivity contribution in [3.8, 4) is 6.07 Å². The van der Waals surface area contributed by atoms with E-state index in [-0.39, 0.29) is 5.82 Å². The molecular formula is C19H14FN3. The smallest absolute Gasteiger partial charge is 0.124 e. The number of pyridine rings is 1. The van der Waals surface area contributed by atoms with Crippen LogP contribution in [0.5, 0.6) is 0 Å². The number of hydrogen-bond donors (Lipinski definition) is 0. The number of halogens is 1. The Labute approximate surface area is 133 Å². The molecule has 0 saturated heterocycles. The largest absolute Gasteiger partial charge is 0.365 e. The van der Waals surface area contributed by atoms with Crippen LogP contribution in [0.3, 0.4) is 0 Å². The lowest BCUT2D eigenvalue weighted by Crippen LogP contribution is -2.31. The Balaban J connectivity index is 1.88. The van der Waals surface area contributed by atoms with Crippen molar-refractivity contribution >= 4 is 16.6 Å². The molecule has 1 aliphatic rings. The summed E-state index contributed by atoms with van der Waals surface area (Å²) in [5.41, 5.74) is 4.57. The zero-order chi connectivity index (χ0) is 15.8. The topological polar surface area (TPSA) is 39.9 Å². The molecule has 0 saturated carbocycles. The monoisotopic (exact) mass is 303 g/mol. The van der Waals surface area contributed by atoms with Gasteiger partial charge in [0.2, 0.25) is 0 Å². The van der Waals surface area contributed by atoms with Gasteiger partial charge in [0.25, 0.3) is 0 Å². The summed E-state index contributed by atoms with van der Waals surface area (Å²) < 4.78 is 13.7. The number of aromatic nitrogens is 1. The summed E-state index contributed by atoms with van der Waals surface area (Å²) in [6.07, 6.45) is 2.50. The maximum absolute atomic E-state index is 13.7. The van der Waals surface area contributed by atoms with E-state index in [1.807, 2.05) is 12.1 Å². The fourth-order valence-electron chi connectivity index (χ4n) is 3.26. The van der Waals surface area contributed by atoms with E-state index >= 15 is 0 Å². The van der Waals surface area contributed by atoms with E-state index in [2.05, 4.69) is 28.1 Å². The summed E-state index contributed by atoms with van der Waals surface area (Å²) in [6, 6.07) is 15.1. The lowest BCUT2D eigenvalue weighted by atomic mass is 9.98. The summed E-state index contributed by atoms with van der Waals surface area (Å²) in [7, 11) is 0. The maximum atomic E-state index is 13.7. The van der Waals surface area contributed by atoms with E-state index in [4.69, 9.17) is 0 Å². The van der Waals surface area contributed by atoms with Gasteiger partial charge in [-0.1, -0.05) is 24.3 Å². The molecule has 3 nitrogen and oxygen atoms in total. The second kappa shape index (κ2) is 5.36. The van der Waals surface area contributed by atoms with Crippen LogP contribution in [0.15, 0.2) is 48.7 Å². The Morgan fingerprint density at radius 2 is 1.96 bits per heavy atom. The van der Waals surface area contributed by atoms with Gasteiger partial charge in [-0.25, -0.2) is 4.39 Å². The van der Waals surface area contributed by atoms with Gasteiger partial charge < -0.3 is 4.90 Å². The second-order valence-corrected chi connectivity index (χ2v) is 5.73. The Bertz CT molecular complexity index is 943. The SMILES string of the molecule is N#Cc1cnc2ccc(F)cc2c1N1CCc2ccccc2C1. The summed E-state index contributed by atoms with van der Waals surface area (Å²) in [5.74, 6) is -0.312. The van der Waals surface area contributed by atoms with Gasteiger partial charge >= 0.3 is 0 Å². The Hall–Kier alpha value is -2.93. The minimum atomic E-state index is -0.312. The summed E-state index contributed by atoms with van der Waals surface area (Å²) in [5, 5.41) is 10.2. The molecule has 112 valence electrons. The molecule has 2 heterocycles. The number of nitriles is 1. The molecule has 0 aliphatic carbocycles. The average Bonchev–Trinajstić information content (AvgIpc) is 2.60. The third-order valence-electron chi connectivity index (χ3n) is 4.37. The normalized spacial score (nSPS) is 13.7. The predicted molar refractivity (Wildman–Crippen MR) is 87.6 cm³/mol. The fourth-order valence-corrected chi connectivity index (χ4v) is 3.26. The van der Waals surface area contributed by atoms with Gasteiger partial charge in [-0.15, -0.1) is 0 Å². The van der Waals surface area contributed by atoms with E-state index in [0.29, 0.717) is 16.5 Å². The number of nitrogens with zero attached hydrogens (tertiary/aromatic N) is 3. The van der Waals surface area contributed by atoms with E-state index in [9.17, 15) is 9.65 Å². The van der Waals surface area contributed by atoms with Gasteiger partial charge in [-0.05, 0) is 35.7 Å². The first-order chi connectivity index (χ1) is 11.3. The maximum Gasteiger partial charge on any atom is 0.124 e. The number of rotatable bonds is 1. The molecule has 3 aromatic rings. The van der Waals surface area contributed by atoms with Crippen molar-refractivity contribution < 1.29 is 4.39 Å². The molecule has 0 atom stereocenters. The zero-order valence-corrected chi connectivity index (χ0v) is 12.5. The van der Waals surface area contributed by atoms with Gasteiger partial charge in [-0.3, -0.25) is 4.98 Å². The zero-order valence-electron chi connectivity index (χ0n) is 12.5. The first-order valence-electron chi connectivity index (χ1n) is 7.56. The molecule has 0 unspecified atom stereocenters. The first-order valence-corrected chi connectivity index (χ1v) is 7.56. The summed E-state index contributed by atoms with van der Waals surface area (Å²) in [4.78, 5) is 6.43. The van der Waals surface area contributed by atoms with Crippen molar-refractivity contribution in [3.63, 3.8) is 0 Å². The van der Waals surface area contributed by atoms with Crippen LogP contribution >= 0.6 is 0 Å². The van der Waals surface area contributed by atoms with Crippen LogP contribution in [0.25, 0.3) is 10.9 Å². The lowest BCUT2D eigenvalue weighted by molar-refractivity contribution is 0.629. The van der Waals surface area contributed by atoms with Gasteiger partial charge in [0.1, 0.15) is 11.9 Å². The highest BCUT2D eigenvalue weighted by Crippen LogP contribution is 2.33. The van der Waals surface area contributed by atoms with Gasteiger partial charge in [-0.2, -0.15) is 5.26 Å². The van der Waals surface area contributed by atoms with Crippen molar-refractivity contribution in [2.75, 3.05) is 11.4 Å². The molecule has 1 aliphatic heterocycles. The first kappa shape index (κ1) is 13.7. The highest BCUT2D eigenvalue weighted by atomic mass is 19.1. The van der Waals surface area contributed by atoms with Gasteiger partial charge in [0.15, 0.2) is 0 Å². The standard InChI is InChI=1S/C19H14FN3/c20-16-5-6-18-17(9-16)19(15(10-21)11-22-18)23-8-7-13-3-1-2-4-14(13)12-23/h1-6,9,11H,7-8,12H2. The van der Waals surface area contributed by atoms with Crippen molar-refractivity contribution in [2.24, 2.45) is 0 Å². The molecule has 0 spiro atoms.